The van der Waals surface area contributed by atoms with Crippen LogP contribution in [0.5, 0.6) is 0 Å². The van der Waals surface area contributed by atoms with Crippen molar-refractivity contribution >= 4 is 20.2 Å². The van der Waals surface area contributed by atoms with Crippen molar-refractivity contribution in [2.45, 2.75) is 0 Å². The largest absolute Gasteiger partial charge is 1.00 e. The van der Waals surface area contributed by atoms with Crippen LogP contribution < -0.4 is 51.4 Å². The molecule has 0 saturated heterocycles. The van der Waals surface area contributed by atoms with E-state index in [0.29, 0.717) is 0 Å². The van der Waals surface area contributed by atoms with E-state index in [1.807, 2.05) is 0 Å². The molecular formula is H3KO4S2. The maximum Gasteiger partial charge on any atom is 1.00 e. The Kier molecular flexibility index (Phi) is 13.7. The first-order valence-corrected chi connectivity index (χ1v) is 3.10. The molecule has 0 aliphatic heterocycles. The summed E-state index contributed by atoms with van der Waals surface area (Å²) in [5.74, 6) is 0. The van der Waals surface area contributed by atoms with Crippen LogP contribution >= 0.6 is 0 Å². The Morgan fingerprint density at radius 3 is 1.43 bits per heavy atom. The van der Waals surface area contributed by atoms with Gasteiger partial charge in [-0.2, -0.15) is 4.21 Å². The van der Waals surface area contributed by atoms with Crippen molar-refractivity contribution in [2.24, 2.45) is 0 Å². The first-order valence-electron chi connectivity index (χ1n) is 0.698. The van der Waals surface area contributed by atoms with Gasteiger partial charge in [0, 0.05) is 11.2 Å². The summed E-state index contributed by atoms with van der Waals surface area (Å²) in [5, 5.41) is 0. The van der Waals surface area contributed by atoms with Crippen molar-refractivity contribution < 1.29 is 70.2 Å². The van der Waals surface area contributed by atoms with E-state index < -0.39 is 9.05 Å². The van der Waals surface area contributed by atoms with Gasteiger partial charge in [0.25, 0.3) is 9.05 Å². The number of rotatable bonds is 0. The number of hydrogen-bond acceptors (Lipinski definition) is 3. The van der Waals surface area contributed by atoms with Crippen molar-refractivity contribution in [3.8, 4) is 0 Å². The van der Waals surface area contributed by atoms with Crippen molar-refractivity contribution in [3.63, 3.8) is 0 Å². The monoisotopic (exact) mass is 170 g/mol. The molecule has 0 aromatic heterocycles. The van der Waals surface area contributed by atoms with Gasteiger partial charge in [-0.25, -0.2) is 0 Å². The van der Waals surface area contributed by atoms with E-state index in [0.717, 1.165) is 0 Å². The van der Waals surface area contributed by atoms with Gasteiger partial charge >= 0.3 is 51.4 Å². The van der Waals surface area contributed by atoms with Gasteiger partial charge in [0.1, 0.15) is 0 Å². The molecule has 0 rings (SSSR count). The predicted molar refractivity (Wildman–Crippen MR) is 22.7 cm³/mol. The van der Waals surface area contributed by atoms with E-state index in [4.69, 9.17) is 13.3 Å². The molecule has 0 fully saturated rings. The van der Waals surface area contributed by atoms with Gasteiger partial charge in [0.15, 0.2) is 0 Å². The standard InChI is InChI=1S/K.H2O3S2.H2O/c;1-5(2,3)4;/h;(H2,1,2,3,4);1H2/q+1;;/p-1. The van der Waals surface area contributed by atoms with Crippen LogP contribution in [-0.4, -0.2) is 18.8 Å². The first-order chi connectivity index (χ1) is 2.00. The molecule has 0 aromatic carbocycles. The maximum absolute atomic E-state index is 9.11. The zero-order valence-corrected chi connectivity index (χ0v) is 8.32. The van der Waals surface area contributed by atoms with Crippen LogP contribution in [0.1, 0.15) is 0 Å². The molecule has 0 aliphatic rings. The molecule has 0 aromatic rings. The Bertz CT molecular complexity index is 92.9. The van der Waals surface area contributed by atoms with E-state index in [1.54, 1.807) is 0 Å². The minimum atomic E-state index is -3.83. The van der Waals surface area contributed by atoms with E-state index in [1.165, 1.54) is 0 Å². The molecule has 0 unspecified atom stereocenters. The molecule has 0 bridgehead atoms. The third kappa shape index (κ3) is 76.8. The van der Waals surface area contributed by atoms with E-state index in [2.05, 4.69) is 11.2 Å². The Morgan fingerprint density at radius 1 is 1.43 bits per heavy atom. The summed E-state index contributed by atoms with van der Waals surface area (Å²) in [6.07, 6.45) is 0. The Morgan fingerprint density at radius 2 is 1.43 bits per heavy atom. The summed E-state index contributed by atoms with van der Waals surface area (Å²) < 4.78 is 24.0. The summed E-state index contributed by atoms with van der Waals surface area (Å²) in [7, 11) is -3.83. The minimum Gasteiger partial charge on any atom is -0.870 e. The molecule has 0 atom stereocenters. The van der Waals surface area contributed by atoms with Crippen LogP contribution in [0.15, 0.2) is 0 Å². The first kappa shape index (κ1) is 16.0. The Hall–Kier alpha value is 1.89. The van der Waals surface area contributed by atoms with E-state index in [-0.39, 0.29) is 56.9 Å². The summed E-state index contributed by atoms with van der Waals surface area (Å²) >= 11 is 3.47. The van der Waals surface area contributed by atoms with Crippen molar-refractivity contribution in [1.29, 1.82) is 0 Å². The van der Waals surface area contributed by atoms with Gasteiger partial charge in [-0.15, -0.1) is 0 Å². The molecule has 0 amide bonds. The molecule has 0 heterocycles. The fourth-order valence-corrected chi connectivity index (χ4v) is 0. The second kappa shape index (κ2) is 6.01. The third-order valence-electron chi connectivity index (χ3n) is 0. The fraction of sp³-hybridized carbons (Fsp3) is 0. The molecule has 40 valence electrons. The molecular weight excluding hydrogens is 167 g/mol. The van der Waals surface area contributed by atoms with Crippen LogP contribution in [0.2, 0.25) is 0 Å². The van der Waals surface area contributed by atoms with Crippen LogP contribution in [0.4, 0.5) is 0 Å². The molecule has 0 aliphatic carbocycles. The zero-order valence-electron chi connectivity index (χ0n) is 3.57. The second-order valence-corrected chi connectivity index (χ2v) is 2.65. The van der Waals surface area contributed by atoms with Crippen LogP contribution in [0.3, 0.4) is 0 Å². The minimum absolute atomic E-state index is 0. The summed E-state index contributed by atoms with van der Waals surface area (Å²) in [6, 6.07) is 0. The van der Waals surface area contributed by atoms with Gasteiger partial charge < -0.3 is 5.48 Å². The fourth-order valence-electron chi connectivity index (χ4n) is 0. The van der Waals surface area contributed by atoms with E-state index >= 15 is 0 Å². The topological polar surface area (TPSA) is 87.5 Å². The van der Waals surface area contributed by atoms with Gasteiger partial charge in [0.05, 0.1) is 0 Å². The molecule has 3 N–H and O–H groups in total. The average molecular weight is 170 g/mol. The van der Waals surface area contributed by atoms with Crippen LogP contribution in [0.25, 0.3) is 0 Å². The second-order valence-electron chi connectivity index (χ2n) is 0.448. The van der Waals surface area contributed by atoms with Crippen LogP contribution in [-0.2, 0) is 20.2 Å². The predicted octanol–water partition coefficient (Wildman–Crippen LogP) is -3.49. The molecule has 0 radical (unpaired) electrons. The Balaban J connectivity index is -0.0000000800. The normalized spacial score (nSPS) is 8.29. The maximum atomic E-state index is 9.11. The Labute approximate surface area is 88.7 Å². The van der Waals surface area contributed by atoms with Crippen molar-refractivity contribution in [2.75, 3.05) is 0 Å². The summed E-state index contributed by atoms with van der Waals surface area (Å²) in [4.78, 5) is 0. The zero-order chi connectivity index (χ0) is 4.50. The smallest absolute Gasteiger partial charge is 0.870 e. The summed E-state index contributed by atoms with van der Waals surface area (Å²) in [5.41, 5.74) is 0. The van der Waals surface area contributed by atoms with Gasteiger partial charge in [-0.05, 0) is 0 Å². The van der Waals surface area contributed by atoms with Gasteiger partial charge in [-0.1, -0.05) is 0 Å². The number of hydrogen-bond donors (Lipinski definition) is 2. The molecule has 4 nitrogen and oxygen atoms in total. The van der Waals surface area contributed by atoms with Gasteiger partial charge in [-0.3, -0.25) is 9.11 Å². The molecule has 0 saturated carbocycles. The third-order valence-corrected chi connectivity index (χ3v) is 0. The van der Waals surface area contributed by atoms with Crippen molar-refractivity contribution in [3.05, 3.63) is 0 Å². The van der Waals surface area contributed by atoms with Crippen molar-refractivity contribution in [1.82, 2.24) is 0 Å². The molecule has 0 spiro atoms. The quantitative estimate of drug-likeness (QED) is 0.368. The molecule has 7 heavy (non-hydrogen) atoms. The van der Waals surface area contributed by atoms with E-state index in [9.17, 15) is 0 Å². The SMILES string of the molecule is O=S(O)(O)=S.[K+].[OH-]. The molecule has 7 heteroatoms. The summed E-state index contributed by atoms with van der Waals surface area (Å²) in [6.45, 7) is 0. The van der Waals surface area contributed by atoms with Crippen LogP contribution in [0, 0.1) is 0 Å². The average Bonchev–Trinajstić information content (AvgIpc) is 0.722. The van der Waals surface area contributed by atoms with Gasteiger partial charge in [0.2, 0.25) is 0 Å².